The van der Waals surface area contributed by atoms with E-state index in [9.17, 15) is 9.59 Å². The van der Waals surface area contributed by atoms with Crippen LogP contribution in [-0.4, -0.2) is 31.7 Å². The molecule has 28 heavy (non-hydrogen) atoms. The lowest BCUT2D eigenvalue weighted by Gasteiger charge is -2.14. The van der Waals surface area contributed by atoms with E-state index in [-0.39, 0.29) is 12.5 Å². The van der Waals surface area contributed by atoms with Crippen molar-refractivity contribution in [2.24, 2.45) is 0 Å². The molecule has 2 aromatic carbocycles. The van der Waals surface area contributed by atoms with E-state index in [2.05, 4.69) is 19.2 Å². The van der Waals surface area contributed by atoms with E-state index in [0.717, 1.165) is 11.3 Å². The molecule has 1 atom stereocenters. The van der Waals surface area contributed by atoms with Crippen LogP contribution in [-0.2, 0) is 20.9 Å². The zero-order chi connectivity index (χ0) is 20.5. The van der Waals surface area contributed by atoms with E-state index < -0.39 is 12.1 Å². The first-order valence-corrected chi connectivity index (χ1v) is 9.22. The van der Waals surface area contributed by atoms with Crippen LogP contribution in [0.3, 0.4) is 0 Å². The van der Waals surface area contributed by atoms with Crippen LogP contribution >= 0.6 is 0 Å². The van der Waals surface area contributed by atoms with Crippen LogP contribution in [0, 0.1) is 0 Å². The predicted molar refractivity (Wildman–Crippen MR) is 106 cm³/mol. The first-order chi connectivity index (χ1) is 13.4. The quantitative estimate of drug-likeness (QED) is 0.670. The number of carbonyl (C=O) groups is 2. The second kappa shape index (κ2) is 10.3. The van der Waals surface area contributed by atoms with Gasteiger partial charge < -0.3 is 19.5 Å². The molecule has 0 aliphatic heterocycles. The van der Waals surface area contributed by atoms with Crippen molar-refractivity contribution in [2.75, 3.05) is 13.7 Å². The highest BCUT2D eigenvalue weighted by atomic mass is 16.6. The molecule has 6 heteroatoms. The van der Waals surface area contributed by atoms with Crippen molar-refractivity contribution >= 4 is 11.9 Å². The van der Waals surface area contributed by atoms with E-state index in [1.54, 1.807) is 7.11 Å². The van der Waals surface area contributed by atoms with Gasteiger partial charge in [0.05, 0.1) is 7.11 Å². The second-order valence-electron chi connectivity index (χ2n) is 6.71. The number of carbonyl (C=O) groups excluding carboxylic acids is 2. The summed E-state index contributed by atoms with van der Waals surface area (Å²) in [5.41, 5.74) is 2.11. The number of benzene rings is 2. The van der Waals surface area contributed by atoms with E-state index in [0.29, 0.717) is 18.2 Å². The molecule has 0 aliphatic carbocycles. The van der Waals surface area contributed by atoms with Crippen LogP contribution in [0.1, 0.15) is 37.8 Å². The highest BCUT2D eigenvalue weighted by Crippen LogP contribution is 2.18. The molecular weight excluding hydrogens is 358 g/mol. The number of nitrogens with one attached hydrogen (secondary N) is 1. The molecule has 1 amide bonds. The molecule has 0 bridgehead atoms. The summed E-state index contributed by atoms with van der Waals surface area (Å²) in [4.78, 5) is 24.0. The third kappa shape index (κ3) is 6.61. The molecule has 6 nitrogen and oxygen atoms in total. The average Bonchev–Trinajstić information content (AvgIpc) is 2.71. The smallest absolute Gasteiger partial charge is 0.344 e. The van der Waals surface area contributed by atoms with Gasteiger partial charge >= 0.3 is 5.97 Å². The van der Waals surface area contributed by atoms with Crippen LogP contribution < -0.4 is 14.8 Å². The third-order valence-electron chi connectivity index (χ3n) is 4.21. The van der Waals surface area contributed by atoms with Crippen molar-refractivity contribution in [3.05, 3.63) is 59.7 Å². The highest BCUT2D eigenvalue weighted by molar-refractivity contribution is 5.83. The van der Waals surface area contributed by atoms with Gasteiger partial charge in [-0.3, -0.25) is 4.79 Å². The average molecular weight is 385 g/mol. The molecular formula is C22H27NO5. The maximum absolute atomic E-state index is 12.1. The minimum atomic E-state index is -0.905. The molecule has 0 unspecified atom stereocenters. The van der Waals surface area contributed by atoms with Crippen molar-refractivity contribution in [2.45, 2.75) is 39.3 Å². The summed E-state index contributed by atoms with van der Waals surface area (Å²) < 4.78 is 15.6. The molecule has 0 saturated carbocycles. The third-order valence-corrected chi connectivity index (χ3v) is 4.21. The van der Waals surface area contributed by atoms with Crippen LogP contribution in [0.2, 0.25) is 0 Å². The summed E-state index contributed by atoms with van der Waals surface area (Å²) in [7, 11) is 1.59. The Morgan fingerprint density at radius 3 is 2.11 bits per heavy atom. The molecule has 150 valence electrons. The Morgan fingerprint density at radius 1 is 0.929 bits per heavy atom. The van der Waals surface area contributed by atoms with Gasteiger partial charge in [-0.15, -0.1) is 0 Å². The monoisotopic (exact) mass is 385 g/mol. The zero-order valence-electron chi connectivity index (χ0n) is 16.7. The van der Waals surface area contributed by atoms with Gasteiger partial charge in [0.25, 0.3) is 5.91 Å². The van der Waals surface area contributed by atoms with E-state index in [1.807, 2.05) is 48.5 Å². The molecule has 0 spiro atoms. The molecule has 0 heterocycles. The van der Waals surface area contributed by atoms with Gasteiger partial charge in [0.2, 0.25) is 0 Å². The highest BCUT2D eigenvalue weighted by Gasteiger charge is 2.18. The fourth-order valence-corrected chi connectivity index (χ4v) is 2.45. The Balaban J connectivity index is 1.73. The van der Waals surface area contributed by atoms with Gasteiger partial charge in [-0.05, 0) is 48.2 Å². The Labute approximate surface area is 165 Å². The topological polar surface area (TPSA) is 73.9 Å². The first kappa shape index (κ1) is 21.3. The minimum absolute atomic E-state index is 0.253. The standard InChI is InChI=1S/C22H27NO5/c1-15(2)18-7-11-20(12-8-18)27-14-21(24)28-16(3)22(25)23-13-17-5-9-19(26-4)10-6-17/h5-12,15-16H,13-14H2,1-4H3,(H,23,25)/t16-/m1/s1. The molecule has 2 rings (SSSR count). The number of esters is 1. The van der Waals surface area contributed by atoms with E-state index in [4.69, 9.17) is 14.2 Å². The lowest BCUT2D eigenvalue weighted by molar-refractivity contribution is -0.156. The summed E-state index contributed by atoms with van der Waals surface area (Å²) >= 11 is 0. The van der Waals surface area contributed by atoms with Crippen LogP contribution in [0.15, 0.2) is 48.5 Å². The number of ether oxygens (including phenoxy) is 3. The number of hydrogen-bond donors (Lipinski definition) is 1. The maximum atomic E-state index is 12.1. The molecule has 0 aromatic heterocycles. The lowest BCUT2D eigenvalue weighted by Crippen LogP contribution is -2.36. The van der Waals surface area contributed by atoms with Crippen molar-refractivity contribution < 1.29 is 23.8 Å². The normalized spacial score (nSPS) is 11.6. The second-order valence-corrected chi connectivity index (χ2v) is 6.71. The zero-order valence-corrected chi connectivity index (χ0v) is 16.7. The lowest BCUT2D eigenvalue weighted by atomic mass is 10.0. The summed E-state index contributed by atoms with van der Waals surface area (Å²) in [5, 5.41) is 2.73. The number of methoxy groups -OCH3 is 1. The van der Waals surface area contributed by atoms with Crippen molar-refractivity contribution in [3.63, 3.8) is 0 Å². The van der Waals surface area contributed by atoms with Gasteiger partial charge in [-0.2, -0.15) is 0 Å². The van der Waals surface area contributed by atoms with Gasteiger partial charge in [-0.1, -0.05) is 38.1 Å². The van der Waals surface area contributed by atoms with Crippen LogP contribution in [0.5, 0.6) is 11.5 Å². The molecule has 0 aliphatic rings. The largest absolute Gasteiger partial charge is 0.497 e. The fraction of sp³-hybridized carbons (Fsp3) is 0.364. The number of rotatable bonds is 9. The minimum Gasteiger partial charge on any atom is -0.497 e. The van der Waals surface area contributed by atoms with E-state index >= 15 is 0 Å². The van der Waals surface area contributed by atoms with Crippen molar-refractivity contribution in [1.29, 1.82) is 0 Å². The molecule has 1 N–H and O–H groups in total. The van der Waals surface area contributed by atoms with Gasteiger partial charge in [0, 0.05) is 6.54 Å². The maximum Gasteiger partial charge on any atom is 0.344 e. The molecule has 0 radical (unpaired) electrons. The van der Waals surface area contributed by atoms with Crippen molar-refractivity contribution in [1.82, 2.24) is 5.32 Å². The number of hydrogen-bond acceptors (Lipinski definition) is 5. The molecule has 0 saturated heterocycles. The van der Waals surface area contributed by atoms with Crippen LogP contribution in [0.4, 0.5) is 0 Å². The summed E-state index contributed by atoms with van der Waals surface area (Å²) in [6, 6.07) is 14.9. The Morgan fingerprint density at radius 2 is 1.54 bits per heavy atom. The number of amides is 1. The molecule has 0 fully saturated rings. The van der Waals surface area contributed by atoms with Gasteiger partial charge in [-0.25, -0.2) is 4.79 Å². The van der Waals surface area contributed by atoms with Crippen molar-refractivity contribution in [3.8, 4) is 11.5 Å². The summed E-state index contributed by atoms with van der Waals surface area (Å²) in [5.74, 6) is 0.788. The fourth-order valence-electron chi connectivity index (χ4n) is 2.45. The summed E-state index contributed by atoms with van der Waals surface area (Å²) in [6.45, 7) is 5.82. The SMILES string of the molecule is COc1ccc(CNC(=O)[C@@H](C)OC(=O)COc2ccc(C(C)C)cc2)cc1. The Hall–Kier alpha value is -3.02. The first-order valence-electron chi connectivity index (χ1n) is 9.22. The van der Waals surface area contributed by atoms with Gasteiger partial charge in [0.15, 0.2) is 12.7 Å². The summed E-state index contributed by atoms with van der Waals surface area (Å²) in [6.07, 6.45) is -0.905. The predicted octanol–water partition coefficient (Wildman–Crippen LogP) is 3.45. The van der Waals surface area contributed by atoms with Crippen LogP contribution in [0.25, 0.3) is 0 Å². The Bertz CT molecular complexity index is 769. The Kier molecular flexibility index (Phi) is 7.87. The molecule has 2 aromatic rings. The van der Waals surface area contributed by atoms with E-state index in [1.165, 1.54) is 12.5 Å². The van der Waals surface area contributed by atoms with Gasteiger partial charge in [0.1, 0.15) is 11.5 Å².